The molecule has 0 saturated heterocycles. The average molecular weight is 369 g/mol. The highest BCUT2D eigenvalue weighted by Crippen LogP contribution is 2.40. The summed E-state index contributed by atoms with van der Waals surface area (Å²) in [5, 5.41) is 0.461. The molecule has 0 radical (unpaired) electrons. The zero-order chi connectivity index (χ0) is 19.3. The molecule has 1 amide bonds. The van der Waals surface area contributed by atoms with Crippen LogP contribution in [0.25, 0.3) is 11.0 Å². The van der Waals surface area contributed by atoms with Crippen molar-refractivity contribution in [1.82, 2.24) is 9.97 Å². The maximum atomic E-state index is 13.4. The maximum Gasteiger partial charge on any atom is 0.296 e. The smallest absolute Gasteiger partial charge is 0.296 e. The first kappa shape index (κ1) is 16.4. The van der Waals surface area contributed by atoms with Gasteiger partial charge in [0.1, 0.15) is 11.4 Å². The van der Waals surface area contributed by atoms with E-state index in [2.05, 4.69) is 9.97 Å². The Bertz CT molecular complexity index is 1270. The summed E-state index contributed by atoms with van der Waals surface area (Å²) >= 11 is 0. The summed E-state index contributed by atoms with van der Waals surface area (Å²) in [4.78, 5) is 36.7. The van der Waals surface area contributed by atoms with Crippen LogP contribution >= 0.6 is 0 Å². The predicted molar refractivity (Wildman–Crippen MR) is 104 cm³/mol. The number of nitrogens with zero attached hydrogens (tertiary/aromatic N) is 3. The number of aromatic nitrogens is 2. The van der Waals surface area contributed by atoms with Crippen molar-refractivity contribution < 1.29 is 9.21 Å². The lowest BCUT2D eigenvalue weighted by molar-refractivity contribution is 0.0970. The minimum absolute atomic E-state index is 0.0564. The zero-order valence-electron chi connectivity index (χ0n) is 15.0. The first-order valence-electron chi connectivity index (χ1n) is 8.87. The Morgan fingerprint density at radius 1 is 1.04 bits per heavy atom. The number of hydrogen-bond acceptors (Lipinski definition) is 5. The molecule has 0 N–H and O–H groups in total. The van der Waals surface area contributed by atoms with E-state index in [9.17, 15) is 9.59 Å². The van der Waals surface area contributed by atoms with Crippen molar-refractivity contribution in [2.45, 2.75) is 13.0 Å². The third-order valence-corrected chi connectivity index (χ3v) is 4.92. The van der Waals surface area contributed by atoms with E-state index in [1.165, 1.54) is 4.90 Å². The second-order valence-electron chi connectivity index (χ2n) is 6.73. The lowest BCUT2D eigenvalue weighted by atomic mass is 9.99. The molecule has 4 heterocycles. The molecule has 4 aromatic rings. The molecule has 0 saturated carbocycles. The molecular formula is C22H15N3O3. The normalized spacial score (nSPS) is 15.8. The second-order valence-corrected chi connectivity index (χ2v) is 6.73. The van der Waals surface area contributed by atoms with Crippen LogP contribution in [0.5, 0.6) is 0 Å². The lowest BCUT2D eigenvalue weighted by Gasteiger charge is -2.23. The van der Waals surface area contributed by atoms with E-state index in [0.717, 1.165) is 11.1 Å². The van der Waals surface area contributed by atoms with Crippen LogP contribution in [0.15, 0.2) is 76.3 Å². The molecule has 0 fully saturated rings. The SMILES string of the molecule is Cc1ccc2oc3c(c(=O)c2c1)[C@@H](c1cccnc1)N(c1ccccn1)C3=O. The van der Waals surface area contributed by atoms with Crippen LogP contribution in [0.4, 0.5) is 5.82 Å². The Hall–Kier alpha value is -3.80. The van der Waals surface area contributed by atoms with Gasteiger partial charge in [-0.2, -0.15) is 0 Å². The highest BCUT2D eigenvalue weighted by molar-refractivity contribution is 6.10. The molecule has 0 aliphatic carbocycles. The Labute approximate surface area is 160 Å². The summed E-state index contributed by atoms with van der Waals surface area (Å²) in [5.74, 6) is 0.121. The van der Waals surface area contributed by atoms with Crippen molar-refractivity contribution in [3.05, 3.63) is 99.8 Å². The number of pyridine rings is 2. The van der Waals surface area contributed by atoms with Gasteiger partial charge in [0.2, 0.25) is 5.76 Å². The summed E-state index contributed by atoms with van der Waals surface area (Å²) in [6, 6.07) is 13.7. The Balaban J connectivity index is 1.84. The van der Waals surface area contributed by atoms with Gasteiger partial charge in [-0.3, -0.25) is 19.5 Å². The van der Waals surface area contributed by atoms with E-state index < -0.39 is 6.04 Å². The number of anilines is 1. The van der Waals surface area contributed by atoms with Gasteiger partial charge in [-0.1, -0.05) is 23.8 Å². The Kier molecular flexibility index (Phi) is 3.58. The first-order valence-corrected chi connectivity index (χ1v) is 8.87. The number of rotatable bonds is 2. The van der Waals surface area contributed by atoms with E-state index in [-0.39, 0.29) is 17.1 Å². The molecule has 136 valence electrons. The minimum atomic E-state index is -0.646. The number of benzene rings is 1. The molecule has 6 nitrogen and oxygen atoms in total. The summed E-state index contributed by atoms with van der Waals surface area (Å²) in [6.45, 7) is 1.91. The topological polar surface area (TPSA) is 76.3 Å². The molecule has 0 unspecified atom stereocenters. The molecule has 6 heteroatoms. The third-order valence-electron chi connectivity index (χ3n) is 4.92. The lowest BCUT2D eigenvalue weighted by Crippen LogP contribution is -2.30. The van der Waals surface area contributed by atoms with E-state index in [1.807, 2.05) is 19.1 Å². The molecule has 28 heavy (non-hydrogen) atoms. The molecular weight excluding hydrogens is 354 g/mol. The van der Waals surface area contributed by atoms with Crippen LogP contribution in [0.1, 0.15) is 33.3 Å². The maximum absolute atomic E-state index is 13.4. The van der Waals surface area contributed by atoms with E-state index >= 15 is 0 Å². The summed E-state index contributed by atoms with van der Waals surface area (Å²) < 4.78 is 5.92. The number of carbonyl (C=O) groups is 1. The predicted octanol–water partition coefficient (Wildman–Crippen LogP) is 3.64. The highest BCUT2D eigenvalue weighted by atomic mass is 16.3. The van der Waals surface area contributed by atoms with Crippen molar-refractivity contribution in [1.29, 1.82) is 0 Å². The van der Waals surface area contributed by atoms with Gasteiger partial charge >= 0.3 is 0 Å². The van der Waals surface area contributed by atoms with Gasteiger partial charge in [-0.25, -0.2) is 4.98 Å². The molecule has 1 aromatic carbocycles. The van der Waals surface area contributed by atoms with Crippen molar-refractivity contribution in [3.63, 3.8) is 0 Å². The molecule has 1 atom stereocenters. The number of fused-ring (bicyclic) bond motifs is 2. The van der Waals surface area contributed by atoms with Gasteiger partial charge in [0.15, 0.2) is 5.43 Å². The van der Waals surface area contributed by atoms with E-state index in [0.29, 0.717) is 22.4 Å². The fourth-order valence-electron chi connectivity index (χ4n) is 3.67. The van der Waals surface area contributed by atoms with Gasteiger partial charge in [0.25, 0.3) is 5.91 Å². The van der Waals surface area contributed by atoms with Gasteiger partial charge in [-0.15, -0.1) is 0 Å². The van der Waals surface area contributed by atoms with Crippen molar-refractivity contribution in [2.24, 2.45) is 0 Å². The zero-order valence-corrected chi connectivity index (χ0v) is 15.0. The van der Waals surface area contributed by atoms with Crippen LogP contribution in [0.3, 0.4) is 0 Å². The third kappa shape index (κ3) is 2.35. The molecule has 0 bridgehead atoms. The molecule has 1 aliphatic rings. The van der Waals surface area contributed by atoms with Crippen LogP contribution in [0.2, 0.25) is 0 Å². The monoisotopic (exact) mass is 369 g/mol. The molecule has 0 spiro atoms. The fraction of sp³-hybridized carbons (Fsp3) is 0.0909. The van der Waals surface area contributed by atoms with E-state index in [1.54, 1.807) is 55.0 Å². The van der Waals surface area contributed by atoms with Crippen LogP contribution < -0.4 is 10.3 Å². The Morgan fingerprint density at radius 2 is 1.93 bits per heavy atom. The average Bonchev–Trinajstić information content (AvgIpc) is 3.03. The van der Waals surface area contributed by atoms with Gasteiger partial charge in [0.05, 0.1) is 17.0 Å². The number of aryl methyl sites for hydroxylation is 1. The summed E-state index contributed by atoms with van der Waals surface area (Å²) in [5.41, 5.74) is 2.18. The Morgan fingerprint density at radius 3 is 2.68 bits per heavy atom. The van der Waals surface area contributed by atoms with Gasteiger partial charge < -0.3 is 4.42 Å². The van der Waals surface area contributed by atoms with Crippen LogP contribution in [-0.2, 0) is 0 Å². The molecule has 1 aliphatic heterocycles. The standard InChI is InChI=1S/C22H15N3O3/c1-13-7-8-16-15(11-13)20(26)18-19(14-5-4-9-23-12-14)25(22(27)21(18)28-16)17-6-2-3-10-24-17/h2-12,19H,1H3/t19-/m1/s1. The van der Waals surface area contributed by atoms with Crippen LogP contribution in [0, 0.1) is 6.92 Å². The quantitative estimate of drug-likeness (QED) is 0.539. The van der Waals surface area contributed by atoms with Gasteiger partial charge in [0, 0.05) is 18.6 Å². The molecule has 5 rings (SSSR count). The van der Waals surface area contributed by atoms with Crippen molar-refractivity contribution in [3.8, 4) is 0 Å². The fourth-order valence-corrected chi connectivity index (χ4v) is 3.67. The largest absolute Gasteiger partial charge is 0.450 e. The van der Waals surface area contributed by atoms with E-state index in [4.69, 9.17) is 4.42 Å². The van der Waals surface area contributed by atoms with Crippen molar-refractivity contribution >= 4 is 22.7 Å². The summed E-state index contributed by atoms with van der Waals surface area (Å²) in [7, 11) is 0. The molecule has 3 aromatic heterocycles. The van der Waals surface area contributed by atoms with Crippen LogP contribution in [-0.4, -0.2) is 15.9 Å². The minimum Gasteiger partial charge on any atom is -0.450 e. The van der Waals surface area contributed by atoms with Gasteiger partial charge in [-0.05, 0) is 42.8 Å². The number of hydrogen-bond donors (Lipinski definition) is 0. The second kappa shape index (κ2) is 6.13. The van der Waals surface area contributed by atoms with Crippen molar-refractivity contribution in [2.75, 3.05) is 4.90 Å². The first-order chi connectivity index (χ1) is 13.6. The summed E-state index contributed by atoms with van der Waals surface area (Å²) in [6.07, 6.45) is 4.92. The number of amides is 1. The highest BCUT2D eigenvalue weighted by Gasteiger charge is 2.44. The number of carbonyl (C=O) groups excluding carboxylic acids is 1.